The molecule has 1 heterocycles. The summed E-state index contributed by atoms with van der Waals surface area (Å²) in [5, 5.41) is 4.15. The summed E-state index contributed by atoms with van der Waals surface area (Å²) < 4.78 is 2.18. The van der Waals surface area contributed by atoms with E-state index in [2.05, 4.69) is 35.6 Å². The van der Waals surface area contributed by atoms with Crippen LogP contribution >= 0.6 is 35.0 Å². The van der Waals surface area contributed by atoms with Gasteiger partial charge in [0, 0.05) is 12.2 Å². The lowest BCUT2D eigenvalue weighted by Crippen LogP contribution is -2.23. The largest absolute Gasteiger partial charge is 0.324 e. The number of thioether (sulfide) groups is 1. The molecule has 1 aromatic heterocycles. The van der Waals surface area contributed by atoms with Crippen LogP contribution in [0.1, 0.15) is 32.2 Å². The first-order chi connectivity index (χ1) is 11.7. The molecular formula is C18H23Cl2N3OS. The molecule has 1 N–H and O–H groups in total. The van der Waals surface area contributed by atoms with E-state index in [1.165, 1.54) is 11.8 Å². The zero-order valence-electron chi connectivity index (χ0n) is 15.1. The average molecular weight is 400 g/mol. The van der Waals surface area contributed by atoms with E-state index in [-0.39, 0.29) is 11.2 Å². The van der Waals surface area contributed by atoms with Gasteiger partial charge in [-0.15, -0.1) is 0 Å². The molecule has 136 valence electrons. The molecule has 1 amide bonds. The second kappa shape index (κ2) is 8.47. The number of nitrogens with one attached hydrogen (secondary N) is 1. The molecule has 0 unspecified atom stereocenters. The number of hydrogen-bond acceptors (Lipinski definition) is 3. The van der Waals surface area contributed by atoms with Gasteiger partial charge in [0.2, 0.25) is 5.91 Å². The van der Waals surface area contributed by atoms with Crippen LogP contribution < -0.4 is 5.32 Å². The predicted octanol–water partition coefficient (Wildman–Crippen LogP) is 5.58. The molecule has 0 radical (unpaired) electrons. The third-order valence-electron chi connectivity index (χ3n) is 3.83. The third-order valence-corrected chi connectivity index (χ3v) is 5.74. The van der Waals surface area contributed by atoms with Gasteiger partial charge in [0.05, 0.1) is 26.7 Å². The minimum Gasteiger partial charge on any atom is -0.324 e. The average Bonchev–Trinajstić information content (AvgIpc) is 2.79. The molecule has 0 fully saturated rings. The predicted molar refractivity (Wildman–Crippen MR) is 107 cm³/mol. The van der Waals surface area contributed by atoms with Crippen molar-refractivity contribution in [2.45, 2.75) is 51.6 Å². The summed E-state index contributed by atoms with van der Waals surface area (Å²) >= 11 is 13.6. The van der Waals surface area contributed by atoms with Crippen LogP contribution in [0, 0.1) is 19.8 Å². The Morgan fingerprint density at radius 2 is 1.96 bits per heavy atom. The lowest BCUT2D eigenvalue weighted by atomic mass is 10.2. The van der Waals surface area contributed by atoms with Crippen LogP contribution in [-0.2, 0) is 11.3 Å². The van der Waals surface area contributed by atoms with Gasteiger partial charge in [0.25, 0.3) is 0 Å². The lowest BCUT2D eigenvalue weighted by Gasteiger charge is -2.16. The minimum absolute atomic E-state index is 0.136. The van der Waals surface area contributed by atoms with Gasteiger partial charge in [-0.05, 0) is 38.8 Å². The van der Waals surface area contributed by atoms with Crippen LogP contribution in [0.3, 0.4) is 0 Å². The van der Waals surface area contributed by atoms with E-state index in [1.807, 2.05) is 13.8 Å². The van der Waals surface area contributed by atoms with Gasteiger partial charge in [-0.25, -0.2) is 4.98 Å². The smallest absolute Gasteiger partial charge is 0.237 e. The van der Waals surface area contributed by atoms with Crippen LogP contribution in [0.15, 0.2) is 23.4 Å². The Balaban J connectivity index is 2.14. The first kappa shape index (κ1) is 20.1. The fourth-order valence-electron chi connectivity index (χ4n) is 2.34. The summed E-state index contributed by atoms with van der Waals surface area (Å²) in [5.41, 5.74) is 2.65. The Kier molecular flexibility index (Phi) is 6.83. The molecule has 0 saturated carbocycles. The Bertz CT molecular complexity index is 774. The van der Waals surface area contributed by atoms with E-state index in [9.17, 15) is 4.79 Å². The van der Waals surface area contributed by atoms with Gasteiger partial charge in [0.15, 0.2) is 5.16 Å². The minimum atomic E-state index is -0.317. The van der Waals surface area contributed by atoms with Gasteiger partial charge in [-0.2, -0.15) is 0 Å². The van der Waals surface area contributed by atoms with E-state index in [0.29, 0.717) is 21.7 Å². The van der Waals surface area contributed by atoms with Crippen LogP contribution in [0.4, 0.5) is 5.69 Å². The topological polar surface area (TPSA) is 46.9 Å². The Hall–Kier alpha value is -1.17. The second-order valence-electron chi connectivity index (χ2n) is 6.42. The highest BCUT2D eigenvalue weighted by Crippen LogP contribution is 2.31. The molecule has 0 aliphatic rings. The normalized spacial score (nSPS) is 12.5. The number of imidazole rings is 1. The van der Waals surface area contributed by atoms with Crippen LogP contribution in [0.25, 0.3) is 0 Å². The molecule has 2 rings (SSSR count). The highest BCUT2D eigenvalue weighted by molar-refractivity contribution is 8.00. The van der Waals surface area contributed by atoms with E-state index in [4.69, 9.17) is 23.2 Å². The van der Waals surface area contributed by atoms with Crippen molar-refractivity contribution in [3.63, 3.8) is 0 Å². The summed E-state index contributed by atoms with van der Waals surface area (Å²) in [6.45, 7) is 11.1. The van der Waals surface area contributed by atoms with Gasteiger partial charge < -0.3 is 9.88 Å². The van der Waals surface area contributed by atoms with Gasteiger partial charge in [0.1, 0.15) is 0 Å². The van der Waals surface area contributed by atoms with Crippen molar-refractivity contribution in [1.82, 2.24) is 9.55 Å². The number of amides is 1. The van der Waals surface area contributed by atoms with Crippen molar-refractivity contribution in [3.05, 3.63) is 39.6 Å². The summed E-state index contributed by atoms with van der Waals surface area (Å²) in [6, 6.07) is 5.17. The Labute approximate surface area is 163 Å². The number of aryl methyl sites for hydroxylation is 1. The number of aromatic nitrogens is 2. The molecule has 25 heavy (non-hydrogen) atoms. The van der Waals surface area contributed by atoms with Crippen LogP contribution in [0.5, 0.6) is 0 Å². The molecule has 4 nitrogen and oxygen atoms in total. The van der Waals surface area contributed by atoms with E-state index < -0.39 is 0 Å². The number of benzene rings is 1. The number of rotatable bonds is 6. The van der Waals surface area contributed by atoms with E-state index in [1.54, 1.807) is 18.2 Å². The van der Waals surface area contributed by atoms with Gasteiger partial charge >= 0.3 is 0 Å². The zero-order chi connectivity index (χ0) is 18.7. The van der Waals surface area contributed by atoms with Crippen molar-refractivity contribution < 1.29 is 4.79 Å². The van der Waals surface area contributed by atoms with Crippen molar-refractivity contribution in [2.75, 3.05) is 5.32 Å². The maximum Gasteiger partial charge on any atom is 0.237 e. The van der Waals surface area contributed by atoms with Crippen LogP contribution in [0.2, 0.25) is 10.0 Å². The number of hydrogen-bond donors (Lipinski definition) is 1. The zero-order valence-corrected chi connectivity index (χ0v) is 17.4. The first-order valence-electron chi connectivity index (χ1n) is 8.16. The molecule has 1 aromatic carbocycles. The fraction of sp³-hybridized carbons (Fsp3) is 0.444. The van der Waals surface area contributed by atoms with Crippen molar-refractivity contribution in [2.24, 2.45) is 5.92 Å². The van der Waals surface area contributed by atoms with Crippen molar-refractivity contribution >= 4 is 46.6 Å². The summed E-state index contributed by atoms with van der Waals surface area (Å²) in [6.07, 6.45) is 0. The second-order valence-corrected chi connectivity index (χ2v) is 8.51. The molecule has 0 aliphatic carbocycles. The SMILES string of the molecule is Cc1nc(S[C@H](C)C(=O)Nc2cccc(Cl)c2Cl)n(CC(C)C)c1C. The molecule has 0 bridgehead atoms. The number of carbonyl (C=O) groups excluding carboxylic acids is 1. The molecule has 0 spiro atoms. The van der Waals surface area contributed by atoms with E-state index in [0.717, 1.165) is 23.1 Å². The molecule has 2 aromatic rings. The number of carbonyl (C=O) groups is 1. The summed E-state index contributed by atoms with van der Waals surface area (Å²) in [7, 11) is 0. The highest BCUT2D eigenvalue weighted by Gasteiger charge is 2.21. The standard InChI is InChI=1S/C18H23Cl2N3OS/c1-10(2)9-23-12(4)11(3)21-18(23)25-13(5)17(24)22-15-8-6-7-14(19)16(15)20/h6-8,10,13H,9H2,1-5H3,(H,22,24)/t13-/m1/s1. The van der Waals surface area contributed by atoms with E-state index >= 15 is 0 Å². The van der Waals surface area contributed by atoms with Gasteiger partial charge in [-0.3, -0.25) is 4.79 Å². The van der Waals surface area contributed by atoms with Crippen molar-refractivity contribution in [1.29, 1.82) is 0 Å². The molecule has 0 saturated heterocycles. The number of nitrogens with zero attached hydrogens (tertiary/aromatic N) is 2. The fourth-order valence-corrected chi connectivity index (χ4v) is 3.70. The van der Waals surface area contributed by atoms with Crippen LogP contribution in [-0.4, -0.2) is 20.7 Å². The number of halogens is 2. The lowest BCUT2D eigenvalue weighted by molar-refractivity contribution is -0.115. The first-order valence-corrected chi connectivity index (χ1v) is 9.79. The quantitative estimate of drug-likeness (QED) is 0.644. The Morgan fingerprint density at radius 3 is 2.60 bits per heavy atom. The highest BCUT2D eigenvalue weighted by atomic mass is 35.5. The third kappa shape index (κ3) is 4.93. The molecule has 1 atom stereocenters. The summed E-state index contributed by atoms with van der Waals surface area (Å²) in [5.74, 6) is 0.365. The summed E-state index contributed by atoms with van der Waals surface area (Å²) in [4.78, 5) is 17.2. The maximum absolute atomic E-state index is 12.5. The van der Waals surface area contributed by atoms with Crippen molar-refractivity contribution in [3.8, 4) is 0 Å². The molecule has 0 aliphatic heterocycles. The molecule has 7 heteroatoms. The maximum atomic E-state index is 12.5. The molecular weight excluding hydrogens is 377 g/mol. The monoisotopic (exact) mass is 399 g/mol. The Morgan fingerprint density at radius 1 is 1.28 bits per heavy atom. The van der Waals surface area contributed by atoms with Gasteiger partial charge in [-0.1, -0.05) is 54.9 Å². The number of anilines is 1.